The van der Waals surface area contributed by atoms with Gasteiger partial charge in [0.05, 0.1) is 0 Å². The molecule has 0 aliphatic rings. The van der Waals surface area contributed by atoms with Crippen molar-refractivity contribution >= 4 is 0 Å². The van der Waals surface area contributed by atoms with E-state index in [9.17, 15) is 0 Å². The average molecular weight is 184 g/mol. The van der Waals surface area contributed by atoms with Crippen molar-refractivity contribution in [2.45, 2.75) is 19.9 Å². The molecule has 0 saturated carbocycles. The summed E-state index contributed by atoms with van der Waals surface area (Å²) in [5.74, 6) is 0.987. The van der Waals surface area contributed by atoms with Gasteiger partial charge in [-0.05, 0) is 13.5 Å². The number of aromatic nitrogens is 3. The van der Waals surface area contributed by atoms with Crippen molar-refractivity contribution in [3.8, 4) is 0 Å². The molecule has 0 radical (unpaired) electrons. The molecule has 0 aliphatic heterocycles. The molecule has 1 aromatic heterocycles. The second-order valence-corrected chi connectivity index (χ2v) is 2.98. The van der Waals surface area contributed by atoms with Crippen LogP contribution in [0.5, 0.6) is 0 Å². The highest BCUT2D eigenvalue weighted by Gasteiger charge is 2.10. The van der Waals surface area contributed by atoms with Crippen molar-refractivity contribution in [3.63, 3.8) is 0 Å². The molecule has 1 atom stereocenters. The number of nitrogens with zero attached hydrogens (tertiary/aromatic N) is 3. The normalized spacial score (nSPS) is 13.2. The quantitative estimate of drug-likeness (QED) is 0.641. The number of aliphatic hydroxyl groups is 1. The third kappa shape index (κ3) is 2.50. The predicted octanol–water partition coefficient (Wildman–Crippen LogP) is -0.592. The standard InChI is InChI=1S/C8H16N4O/c1-2-12-8(10-6-11-12)3-7(4-9)5-13/h6-7,13H,2-5,9H2,1H3. The van der Waals surface area contributed by atoms with Gasteiger partial charge in [-0.2, -0.15) is 5.10 Å². The van der Waals surface area contributed by atoms with Crippen molar-refractivity contribution in [2.24, 2.45) is 11.7 Å². The molecule has 0 aliphatic carbocycles. The Hall–Kier alpha value is -0.940. The van der Waals surface area contributed by atoms with E-state index in [4.69, 9.17) is 10.8 Å². The van der Waals surface area contributed by atoms with Gasteiger partial charge < -0.3 is 10.8 Å². The number of hydrogen-bond donors (Lipinski definition) is 2. The molecule has 1 aromatic rings. The van der Waals surface area contributed by atoms with Gasteiger partial charge in [0.2, 0.25) is 0 Å². The summed E-state index contributed by atoms with van der Waals surface area (Å²) in [6, 6.07) is 0. The van der Waals surface area contributed by atoms with Crippen LogP contribution < -0.4 is 5.73 Å². The van der Waals surface area contributed by atoms with Gasteiger partial charge in [0, 0.05) is 25.5 Å². The molecule has 1 unspecified atom stereocenters. The van der Waals surface area contributed by atoms with Crippen LogP contribution >= 0.6 is 0 Å². The molecule has 1 heterocycles. The molecule has 1 rings (SSSR count). The lowest BCUT2D eigenvalue weighted by atomic mass is 10.1. The fourth-order valence-electron chi connectivity index (χ4n) is 1.19. The summed E-state index contributed by atoms with van der Waals surface area (Å²) in [6.07, 6.45) is 2.23. The fraction of sp³-hybridized carbons (Fsp3) is 0.750. The van der Waals surface area contributed by atoms with Crippen LogP contribution in [0.15, 0.2) is 6.33 Å². The average Bonchev–Trinajstić information content (AvgIpc) is 2.61. The van der Waals surface area contributed by atoms with Crippen LogP contribution in [0.4, 0.5) is 0 Å². The highest BCUT2D eigenvalue weighted by Crippen LogP contribution is 2.03. The SMILES string of the molecule is CCn1ncnc1CC(CN)CO. The van der Waals surface area contributed by atoms with Gasteiger partial charge in [0.25, 0.3) is 0 Å². The third-order valence-electron chi connectivity index (χ3n) is 2.06. The Labute approximate surface area is 77.6 Å². The molecule has 5 heteroatoms. The van der Waals surface area contributed by atoms with Crippen molar-refractivity contribution in [1.82, 2.24) is 14.8 Å². The van der Waals surface area contributed by atoms with E-state index in [1.807, 2.05) is 11.6 Å². The van der Waals surface area contributed by atoms with Gasteiger partial charge >= 0.3 is 0 Å². The van der Waals surface area contributed by atoms with Crippen molar-refractivity contribution in [3.05, 3.63) is 12.2 Å². The summed E-state index contributed by atoms with van der Waals surface area (Å²) in [7, 11) is 0. The van der Waals surface area contributed by atoms with Crippen LogP contribution in [0.1, 0.15) is 12.7 Å². The maximum atomic E-state index is 8.95. The highest BCUT2D eigenvalue weighted by atomic mass is 16.3. The molecule has 13 heavy (non-hydrogen) atoms. The first-order valence-electron chi connectivity index (χ1n) is 4.49. The molecule has 0 saturated heterocycles. The summed E-state index contributed by atoms with van der Waals surface area (Å²) in [5, 5.41) is 13.0. The molecular formula is C8H16N4O. The van der Waals surface area contributed by atoms with Crippen molar-refractivity contribution in [1.29, 1.82) is 0 Å². The first kappa shape index (κ1) is 10.1. The summed E-state index contributed by atoms with van der Waals surface area (Å²) in [4.78, 5) is 4.11. The lowest BCUT2D eigenvalue weighted by molar-refractivity contribution is 0.227. The number of aryl methyl sites for hydroxylation is 1. The van der Waals surface area contributed by atoms with E-state index in [1.165, 1.54) is 6.33 Å². The summed E-state index contributed by atoms with van der Waals surface area (Å²) in [5.41, 5.74) is 5.47. The second-order valence-electron chi connectivity index (χ2n) is 2.98. The fourth-order valence-corrected chi connectivity index (χ4v) is 1.19. The molecule has 0 aromatic carbocycles. The molecule has 0 bridgehead atoms. The molecule has 0 spiro atoms. The minimum Gasteiger partial charge on any atom is -0.396 e. The van der Waals surface area contributed by atoms with Crippen LogP contribution in [-0.2, 0) is 13.0 Å². The smallest absolute Gasteiger partial charge is 0.138 e. The van der Waals surface area contributed by atoms with Crippen LogP contribution in [0.2, 0.25) is 0 Å². The van der Waals surface area contributed by atoms with E-state index < -0.39 is 0 Å². The van der Waals surface area contributed by atoms with E-state index >= 15 is 0 Å². The Morgan fingerprint density at radius 2 is 2.46 bits per heavy atom. The highest BCUT2D eigenvalue weighted by molar-refractivity contribution is 4.87. The van der Waals surface area contributed by atoms with Gasteiger partial charge in [-0.15, -0.1) is 0 Å². The van der Waals surface area contributed by atoms with Gasteiger partial charge in [-0.3, -0.25) is 4.68 Å². The monoisotopic (exact) mass is 184 g/mol. The topological polar surface area (TPSA) is 77.0 Å². The van der Waals surface area contributed by atoms with Crippen molar-refractivity contribution < 1.29 is 5.11 Å². The minimum atomic E-state index is 0.0921. The van der Waals surface area contributed by atoms with E-state index in [2.05, 4.69) is 10.1 Å². The lowest BCUT2D eigenvalue weighted by Crippen LogP contribution is -2.22. The zero-order chi connectivity index (χ0) is 9.68. The zero-order valence-corrected chi connectivity index (χ0v) is 7.85. The first-order valence-corrected chi connectivity index (χ1v) is 4.49. The van der Waals surface area contributed by atoms with E-state index in [0.717, 1.165) is 12.4 Å². The number of aliphatic hydroxyl groups excluding tert-OH is 1. The Morgan fingerprint density at radius 1 is 1.69 bits per heavy atom. The van der Waals surface area contributed by atoms with E-state index in [0.29, 0.717) is 13.0 Å². The van der Waals surface area contributed by atoms with Gasteiger partial charge in [-0.1, -0.05) is 0 Å². The Balaban J connectivity index is 2.61. The molecule has 5 nitrogen and oxygen atoms in total. The molecule has 0 fully saturated rings. The Morgan fingerprint density at radius 3 is 3.00 bits per heavy atom. The second kappa shape index (κ2) is 4.94. The largest absolute Gasteiger partial charge is 0.396 e. The van der Waals surface area contributed by atoms with Gasteiger partial charge in [0.1, 0.15) is 12.2 Å². The Bertz CT molecular complexity index is 244. The third-order valence-corrected chi connectivity index (χ3v) is 2.06. The maximum Gasteiger partial charge on any atom is 0.138 e. The van der Waals surface area contributed by atoms with Gasteiger partial charge in [0.15, 0.2) is 0 Å². The Kier molecular flexibility index (Phi) is 3.85. The van der Waals surface area contributed by atoms with Gasteiger partial charge in [-0.25, -0.2) is 4.98 Å². The van der Waals surface area contributed by atoms with Crippen molar-refractivity contribution in [2.75, 3.05) is 13.2 Å². The van der Waals surface area contributed by atoms with Crippen LogP contribution in [-0.4, -0.2) is 33.0 Å². The molecule has 74 valence electrons. The minimum absolute atomic E-state index is 0.0921. The van der Waals surface area contributed by atoms with Crippen LogP contribution in [0.25, 0.3) is 0 Å². The molecular weight excluding hydrogens is 168 g/mol. The van der Waals surface area contributed by atoms with Crippen LogP contribution in [0.3, 0.4) is 0 Å². The summed E-state index contributed by atoms with van der Waals surface area (Å²) in [6.45, 7) is 3.40. The number of hydrogen-bond acceptors (Lipinski definition) is 4. The molecule has 3 N–H and O–H groups in total. The number of nitrogens with two attached hydrogens (primary N) is 1. The van der Waals surface area contributed by atoms with E-state index in [1.54, 1.807) is 0 Å². The lowest BCUT2D eigenvalue weighted by Gasteiger charge is -2.10. The first-order chi connectivity index (χ1) is 6.31. The van der Waals surface area contributed by atoms with E-state index in [-0.39, 0.29) is 12.5 Å². The maximum absolute atomic E-state index is 8.95. The number of rotatable bonds is 5. The van der Waals surface area contributed by atoms with Crippen LogP contribution in [0, 0.1) is 5.92 Å². The zero-order valence-electron chi connectivity index (χ0n) is 7.85. The summed E-state index contributed by atoms with van der Waals surface area (Å²) >= 11 is 0. The molecule has 0 amide bonds. The predicted molar refractivity (Wildman–Crippen MR) is 49.0 cm³/mol. The summed E-state index contributed by atoms with van der Waals surface area (Å²) < 4.78 is 1.82.